The van der Waals surface area contributed by atoms with Crippen LogP contribution in [0.3, 0.4) is 0 Å². The fourth-order valence-electron chi connectivity index (χ4n) is 4.77. The molecule has 0 radical (unpaired) electrons. The SMILES string of the molecule is COc1c(-c2cnn([C@@H]3CCCOC3)c2)cccc1-c1nn(C)c2cnc(NC(=O)C3CC3)cc12. The van der Waals surface area contributed by atoms with Gasteiger partial charge in [-0.05, 0) is 37.8 Å². The monoisotopic (exact) mass is 472 g/mol. The van der Waals surface area contributed by atoms with E-state index in [2.05, 4.69) is 21.6 Å². The van der Waals surface area contributed by atoms with Crippen molar-refractivity contribution in [1.29, 1.82) is 0 Å². The second-order valence-electron chi connectivity index (χ2n) is 9.29. The van der Waals surface area contributed by atoms with Crippen LogP contribution >= 0.6 is 0 Å². The van der Waals surface area contributed by atoms with Crippen molar-refractivity contribution in [2.75, 3.05) is 25.6 Å². The highest BCUT2D eigenvalue weighted by molar-refractivity contribution is 6.00. The van der Waals surface area contributed by atoms with E-state index in [0.717, 1.165) is 71.3 Å². The van der Waals surface area contributed by atoms with Gasteiger partial charge in [-0.25, -0.2) is 4.98 Å². The van der Waals surface area contributed by atoms with Gasteiger partial charge < -0.3 is 14.8 Å². The predicted octanol–water partition coefficient (Wildman–Crippen LogP) is 4.21. The number of aryl methyl sites for hydroxylation is 1. The van der Waals surface area contributed by atoms with Gasteiger partial charge in [-0.2, -0.15) is 10.2 Å². The summed E-state index contributed by atoms with van der Waals surface area (Å²) in [7, 11) is 3.57. The maximum absolute atomic E-state index is 12.3. The number of pyridine rings is 1. The van der Waals surface area contributed by atoms with Crippen molar-refractivity contribution in [3.05, 3.63) is 42.9 Å². The second-order valence-corrected chi connectivity index (χ2v) is 9.29. The molecule has 2 aliphatic rings. The van der Waals surface area contributed by atoms with Crippen LogP contribution in [-0.4, -0.2) is 50.8 Å². The second kappa shape index (κ2) is 8.81. The highest BCUT2D eigenvalue weighted by Gasteiger charge is 2.30. The molecule has 0 unspecified atom stereocenters. The molecular formula is C26H28N6O3. The molecule has 4 heterocycles. The van der Waals surface area contributed by atoms with Gasteiger partial charge in [0.2, 0.25) is 5.91 Å². The molecule has 1 amide bonds. The van der Waals surface area contributed by atoms with Crippen molar-refractivity contribution in [1.82, 2.24) is 24.5 Å². The van der Waals surface area contributed by atoms with Gasteiger partial charge in [0, 0.05) is 47.8 Å². The summed E-state index contributed by atoms with van der Waals surface area (Å²) in [6.45, 7) is 1.51. The molecule has 9 heteroatoms. The van der Waals surface area contributed by atoms with E-state index >= 15 is 0 Å². The van der Waals surface area contributed by atoms with E-state index < -0.39 is 0 Å². The third-order valence-corrected chi connectivity index (χ3v) is 6.83. The van der Waals surface area contributed by atoms with Crippen molar-refractivity contribution in [2.45, 2.75) is 31.7 Å². The van der Waals surface area contributed by atoms with Gasteiger partial charge in [-0.1, -0.05) is 12.1 Å². The number of nitrogens with one attached hydrogen (secondary N) is 1. The van der Waals surface area contributed by atoms with Crippen LogP contribution in [0, 0.1) is 5.92 Å². The highest BCUT2D eigenvalue weighted by Crippen LogP contribution is 2.41. The number of aromatic nitrogens is 5. The highest BCUT2D eigenvalue weighted by atomic mass is 16.5. The zero-order chi connectivity index (χ0) is 23.9. The Kier molecular flexibility index (Phi) is 5.49. The molecule has 0 spiro atoms. The molecule has 1 aliphatic carbocycles. The summed E-state index contributed by atoms with van der Waals surface area (Å²) in [5, 5.41) is 13.3. The fraction of sp³-hybridized carbons (Fsp3) is 0.385. The largest absolute Gasteiger partial charge is 0.495 e. The minimum atomic E-state index is 0.0299. The van der Waals surface area contributed by atoms with Crippen molar-refractivity contribution in [3.63, 3.8) is 0 Å². The number of para-hydroxylation sites is 1. The lowest BCUT2D eigenvalue weighted by Gasteiger charge is -2.22. The minimum absolute atomic E-state index is 0.0299. The number of nitrogens with zero attached hydrogens (tertiary/aromatic N) is 5. The van der Waals surface area contributed by atoms with Crippen LogP contribution in [0.2, 0.25) is 0 Å². The summed E-state index contributed by atoms with van der Waals surface area (Å²) in [5.41, 5.74) is 4.45. The zero-order valence-electron chi connectivity index (χ0n) is 19.9. The minimum Gasteiger partial charge on any atom is -0.495 e. The number of benzene rings is 1. The maximum Gasteiger partial charge on any atom is 0.228 e. The van der Waals surface area contributed by atoms with E-state index in [-0.39, 0.29) is 17.9 Å². The first-order valence-electron chi connectivity index (χ1n) is 12.1. The van der Waals surface area contributed by atoms with Crippen LogP contribution in [0.1, 0.15) is 31.7 Å². The van der Waals surface area contributed by atoms with Gasteiger partial charge in [0.15, 0.2) is 0 Å². The van der Waals surface area contributed by atoms with Crippen molar-refractivity contribution < 1.29 is 14.3 Å². The van der Waals surface area contributed by atoms with E-state index in [1.54, 1.807) is 18.0 Å². The third-order valence-electron chi connectivity index (χ3n) is 6.83. The first-order valence-corrected chi connectivity index (χ1v) is 12.1. The Morgan fingerprint density at radius 1 is 1.20 bits per heavy atom. The van der Waals surface area contributed by atoms with Crippen LogP contribution in [0.25, 0.3) is 33.3 Å². The molecule has 1 saturated heterocycles. The Morgan fingerprint density at radius 2 is 2.06 bits per heavy atom. The summed E-state index contributed by atoms with van der Waals surface area (Å²) >= 11 is 0. The number of rotatable bonds is 6. The zero-order valence-corrected chi connectivity index (χ0v) is 19.9. The summed E-state index contributed by atoms with van der Waals surface area (Å²) in [6, 6.07) is 8.20. The van der Waals surface area contributed by atoms with Gasteiger partial charge in [0.25, 0.3) is 0 Å². The Hall–Kier alpha value is -3.72. The van der Waals surface area contributed by atoms with E-state index in [9.17, 15) is 4.79 Å². The van der Waals surface area contributed by atoms with Gasteiger partial charge in [0.1, 0.15) is 17.3 Å². The lowest BCUT2D eigenvalue weighted by atomic mass is 10.0. The first kappa shape index (κ1) is 21.8. The molecule has 2 fully saturated rings. The molecule has 4 aromatic rings. The molecule has 180 valence electrons. The smallest absolute Gasteiger partial charge is 0.228 e. The molecule has 1 aromatic carbocycles. The van der Waals surface area contributed by atoms with Crippen LogP contribution in [0.5, 0.6) is 5.75 Å². The van der Waals surface area contributed by atoms with Gasteiger partial charge >= 0.3 is 0 Å². The van der Waals surface area contributed by atoms with Gasteiger partial charge in [-0.15, -0.1) is 0 Å². The molecule has 9 nitrogen and oxygen atoms in total. The van der Waals surface area contributed by atoms with Crippen LogP contribution in [-0.2, 0) is 16.6 Å². The number of fused-ring (bicyclic) bond motifs is 1. The quantitative estimate of drug-likeness (QED) is 0.452. The van der Waals surface area contributed by atoms with Gasteiger partial charge in [0.05, 0.1) is 37.7 Å². The molecule has 1 saturated carbocycles. The molecule has 3 aromatic heterocycles. The number of hydrogen-bond acceptors (Lipinski definition) is 6. The van der Waals surface area contributed by atoms with Crippen molar-refractivity contribution >= 4 is 22.6 Å². The molecule has 1 aliphatic heterocycles. The summed E-state index contributed by atoms with van der Waals surface area (Å²) in [5.74, 6) is 1.41. The average molecular weight is 473 g/mol. The number of carbonyl (C=O) groups is 1. The Morgan fingerprint density at radius 3 is 2.83 bits per heavy atom. The van der Waals surface area contributed by atoms with Crippen LogP contribution in [0.15, 0.2) is 42.9 Å². The lowest BCUT2D eigenvalue weighted by molar-refractivity contribution is -0.117. The number of methoxy groups -OCH3 is 1. The molecule has 1 atom stereocenters. The maximum atomic E-state index is 12.3. The van der Waals surface area contributed by atoms with Crippen LogP contribution < -0.4 is 10.1 Å². The van der Waals surface area contributed by atoms with E-state index in [0.29, 0.717) is 12.4 Å². The van der Waals surface area contributed by atoms with Crippen LogP contribution in [0.4, 0.5) is 5.82 Å². The number of ether oxygens (including phenoxy) is 2. The predicted molar refractivity (Wildman–Crippen MR) is 132 cm³/mol. The Bertz CT molecular complexity index is 1400. The molecule has 35 heavy (non-hydrogen) atoms. The van der Waals surface area contributed by atoms with E-state index in [4.69, 9.17) is 14.6 Å². The lowest BCUT2D eigenvalue weighted by Crippen LogP contribution is -2.21. The van der Waals surface area contributed by atoms with Crippen molar-refractivity contribution in [2.24, 2.45) is 13.0 Å². The average Bonchev–Trinajstić information content (AvgIpc) is 3.54. The molecule has 0 bridgehead atoms. The summed E-state index contributed by atoms with van der Waals surface area (Å²) in [6.07, 6.45) is 9.69. The molecule has 6 rings (SSSR count). The molecular weight excluding hydrogens is 444 g/mol. The Balaban J connectivity index is 1.40. The number of anilines is 1. The topological polar surface area (TPSA) is 96.1 Å². The summed E-state index contributed by atoms with van der Waals surface area (Å²) in [4.78, 5) is 16.7. The molecule has 1 N–H and O–H groups in total. The number of hydrogen-bond donors (Lipinski definition) is 1. The normalized spacial score (nSPS) is 18.1. The first-order chi connectivity index (χ1) is 17.1. The third kappa shape index (κ3) is 4.05. The van der Waals surface area contributed by atoms with E-state index in [1.807, 2.05) is 42.2 Å². The van der Waals surface area contributed by atoms with E-state index in [1.165, 1.54) is 0 Å². The van der Waals surface area contributed by atoms with Gasteiger partial charge in [-0.3, -0.25) is 14.2 Å². The van der Waals surface area contributed by atoms with Crippen molar-refractivity contribution in [3.8, 4) is 28.1 Å². The Labute approximate surface area is 203 Å². The fourth-order valence-corrected chi connectivity index (χ4v) is 4.77. The number of carbonyl (C=O) groups excluding carboxylic acids is 1. The number of amides is 1. The standard InChI is InChI=1S/C26H28N6O3/c1-31-22-13-27-23(29-26(33)16-8-9-16)11-21(22)24(30-31)20-7-3-6-19(25(20)34-2)17-12-28-32(14-17)18-5-4-10-35-15-18/h3,6-7,11-14,16,18H,4-5,8-10,15H2,1-2H3,(H,27,29,33)/t18-/m1/s1. The summed E-state index contributed by atoms with van der Waals surface area (Å²) < 4.78 is 15.4.